The van der Waals surface area contributed by atoms with Crippen molar-refractivity contribution in [3.05, 3.63) is 45.2 Å². The van der Waals surface area contributed by atoms with Crippen LogP contribution in [-0.2, 0) is 0 Å². The molecule has 0 amide bonds. The number of ether oxygens (including phenoxy) is 1. The van der Waals surface area contributed by atoms with Crippen LogP contribution in [0, 0.1) is 10.1 Å². The van der Waals surface area contributed by atoms with Gasteiger partial charge in [0.25, 0.3) is 0 Å². The van der Waals surface area contributed by atoms with E-state index in [1.54, 1.807) is 18.2 Å². The van der Waals surface area contributed by atoms with E-state index >= 15 is 0 Å². The summed E-state index contributed by atoms with van der Waals surface area (Å²) >= 11 is 3.23. The summed E-state index contributed by atoms with van der Waals surface area (Å²) in [5.74, 6) is 0.928. The minimum Gasteiger partial charge on any atom is -0.430 e. The first-order valence-corrected chi connectivity index (χ1v) is 6.57. The van der Waals surface area contributed by atoms with Crippen LogP contribution in [-0.4, -0.2) is 21.4 Å². The Bertz CT molecular complexity index is 636. The number of halogens is 1. The first kappa shape index (κ1) is 14.2. The minimum atomic E-state index is -0.507. The first-order chi connectivity index (χ1) is 9.61. The highest BCUT2D eigenvalue weighted by molar-refractivity contribution is 9.10. The van der Waals surface area contributed by atoms with Gasteiger partial charge in [-0.2, -0.15) is 0 Å². The number of nitro groups is 1. The molecule has 0 spiro atoms. The number of hydrogen-bond acceptors (Lipinski definition) is 6. The quantitative estimate of drug-likeness (QED) is 0.663. The summed E-state index contributed by atoms with van der Waals surface area (Å²) in [4.78, 5) is 18.4. The van der Waals surface area contributed by atoms with Crippen molar-refractivity contribution >= 4 is 27.4 Å². The fraction of sp³-hybridized carbons (Fsp3) is 0.167. The molecule has 0 aliphatic heterocycles. The van der Waals surface area contributed by atoms with E-state index in [0.29, 0.717) is 16.8 Å². The molecule has 1 heterocycles. The summed E-state index contributed by atoms with van der Waals surface area (Å²) in [5.41, 5.74) is -0.136. The first-order valence-electron chi connectivity index (χ1n) is 5.78. The van der Waals surface area contributed by atoms with Crippen LogP contribution >= 0.6 is 15.9 Å². The summed E-state index contributed by atoms with van der Waals surface area (Å²) in [7, 11) is 0. The number of rotatable bonds is 5. The van der Waals surface area contributed by atoms with Crippen LogP contribution in [0.1, 0.15) is 6.92 Å². The smallest absolute Gasteiger partial charge is 0.312 e. The number of anilines is 1. The molecular weight excluding hydrogens is 328 g/mol. The lowest BCUT2D eigenvalue weighted by molar-refractivity contribution is -0.385. The Balaban J connectivity index is 2.34. The van der Waals surface area contributed by atoms with E-state index in [-0.39, 0.29) is 17.3 Å². The third-order valence-corrected chi connectivity index (χ3v) is 2.97. The SMILES string of the molecule is CCNc1cc(Oc2c(Br)cccc2[N+](=O)[O-])ncn1. The molecule has 0 atom stereocenters. The minimum absolute atomic E-state index is 0.110. The van der Waals surface area contributed by atoms with Gasteiger partial charge in [-0.1, -0.05) is 6.07 Å². The number of nitro benzene ring substituents is 1. The molecule has 0 fully saturated rings. The van der Waals surface area contributed by atoms with Crippen molar-refractivity contribution in [3.8, 4) is 11.6 Å². The highest BCUT2D eigenvalue weighted by Gasteiger charge is 2.19. The molecule has 0 aliphatic carbocycles. The van der Waals surface area contributed by atoms with E-state index in [9.17, 15) is 10.1 Å². The maximum atomic E-state index is 11.0. The van der Waals surface area contributed by atoms with E-state index in [1.165, 1.54) is 12.4 Å². The molecule has 0 radical (unpaired) electrons. The van der Waals surface area contributed by atoms with Crippen LogP contribution in [0.5, 0.6) is 11.6 Å². The predicted molar refractivity (Wildman–Crippen MR) is 77.1 cm³/mol. The molecule has 20 heavy (non-hydrogen) atoms. The third kappa shape index (κ3) is 3.21. The van der Waals surface area contributed by atoms with Gasteiger partial charge in [0.1, 0.15) is 12.1 Å². The topological polar surface area (TPSA) is 90.2 Å². The third-order valence-electron chi connectivity index (χ3n) is 2.35. The summed E-state index contributed by atoms with van der Waals surface area (Å²) in [6.07, 6.45) is 1.33. The lowest BCUT2D eigenvalue weighted by atomic mass is 10.3. The Hall–Kier alpha value is -2.22. The summed E-state index contributed by atoms with van der Waals surface area (Å²) in [6, 6.07) is 6.17. The maximum absolute atomic E-state index is 11.0. The van der Waals surface area contributed by atoms with Gasteiger partial charge in [-0.05, 0) is 28.9 Å². The van der Waals surface area contributed by atoms with E-state index in [1.807, 2.05) is 6.92 Å². The highest BCUT2D eigenvalue weighted by atomic mass is 79.9. The Kier molecular flexibility index (Phi) is 4.46. The highest BCUT2D eigenvalue weighted by Crippen LogP contribution is 2.37. The van der Waals surface area contributed by atoms with E-state index in [2.05, 4.69) is 31.2 Å². The van der Waals surface area contributed by atoms with Crippen molar-refractivity contribution in [2.24, 2.45) is 0 Å². The molecule has 1 aromatic heterocycles. The summed E-state index contributed by atoms with van der Waals surface area (Å²) in [5, 5.41) is 14.0. The number of nitrogens with zero attached hydrogens (tertiary/aromatic N) is 3. The second-order valence-corrected chi connectivity index (χ2v) is 4.57. The Morgan fingerprint density at radius 2 is 2.25 bits per heavy atom. The molecule has 7 nitrogen and oxygen atoms in total. The molecule has 0 saturated carbocycles. The van der Waals surface area contributed by atoms with Gasteiger partial charge in [0, 0.05) is 18.7 Å². The molecule has 0 unspecified atom stereocenters. The molecule has 0 bridgehead atoms. The second kappa shape index (κ2) is 6.29. The summed E-state index contributed by atoms with van der Waals surface area (Å²) < 4.78 is 5.99. The molecule has 0 saturated heterocycles. The van der Waals surface area contributed by atoms with E-state index in [4.69, 9.17) is 4.74 Å². The summed E-state index contributed by atoms with van der Waals surface area (Å²) in [6.45, 7) is 2.63. The molecule has 1 N–H and O–H groups in total. The van der Waals surface area contributed by atoms with Gasteiger partial charge in [-0.3, -0.25) is 10.1 Å². The van der Waals surface area contributed by atoms with Gasteiger partial charge < -0.3 is 10.1 Å². The van der Waals surface area contributed by atoms with Crippen LogP contribution in [0.4, 0.5) is 11.5 Å². The van der Waals surface area contributed by atoms with Crippen molar-refractivity contribution < 1.29 is 9.66 Å². The molecule has 2 rings (SSSR count). The average Bonchev–Trinajstić information content (AvgIpc) is 2.41. The van der Waals surface area contributed by atoms with Crippen molar-refractivity contribution in [1.82, 2.24) is 9.97 Å². The molecule has 1 aromatic carbocycles. The van der Waals surface area contributed by atoms with E-state index in [0.717, 1.165) is 0 Å². The Morgan fingerprint density at radius 3 is 2.95 bits per heavy atom. The molecule has 8 heteroatoms. The molecule has 2 aromatic rings. The molecule has 104 valence electrons. The van der Waals surface area contributed by atoms with Gasteiger partial charge >= 0.3 is 5.69 Å². The van der Waals surface area contributed by atoms with Gasteiger partial charge in [0.15, 0.2) is 0 Å². The van der Waals surface area contributed by atoms with Crippen molar-refractivity contribution in [2.75, 3.05) is 11.9 Å². The number of para-hydroxylation sites is 1. The van der Waals surface area contributed by atoms with E-state index < -0.39 is 4.92 Å². The normalized spacial score (nSPS) is 10.1. The zero-order valence-corrected chi connectivity index (χ0v) is 12.1. The van der Waals surface area contributed by atoms with Gasteiger partial charge in [-0.15, -0.1) is 0 Å². The maximum Gasteiger partial charge on any atom is 0.312 e. The van der Waals surface area contributed by atoms with Gasteiger partial charge in [0.2, 0.25) is 11.6 Å². The van der Waals surface area contributed by atoms with Crippen molar-refractivity contribution in [1.29, 1.82) is 0 Å². The molecule has 0 aliphatic rings. The van der Waals surface area contributed by atoms with Crippen molar-refractivity contribution in [2.45, 2.75) is 6.92 Å². The van der Waals surface area contributed by atoms with Crippen LogP contribution < -0.4 is 10.1 Å². The standard InChI is InChI=1S/C12H11BrN4O3/c1-2-14-10-6-11(16-7-15-10)20-12-8(13)4-3-5-9(12)17(18)19/h3-7H,2H2,1H3,(H,14,15,16). The van der Waals surface area contributed by atoms with Crippen LogP contribution in [0.2, 0.25) is 0 Å². The fourth-order valence-electron chi connectivity index (χ4n) is 1.52. The number of aromatic nitrogens is 2. The monoisotopic (exact) mass is 338 g/mol. The largest absolute Gasteiger partial charge is 0.430 e. The Labute approximate surface area is 123 Å². The Morgan fingerprint density at radius 1 is 1.45 bits per heavy atom. The van der Waals surface area contributed by atoms with Crippen molar-refractivity contribution in [3.63, 3.8) is 0 Å². The zero-order valence-electron chi connectivity index (χ0n) is 10.5. The molecular formula is C12H11BrN4O3. The number of benzene rings is 1. The lowest BCUT2D eigenvalue weighted by Crippen LogP contribution is -2.01. The van der Waals surface area contributed by atoms with Gasteiger partial charge in [0.05, 0.1) is 9.40 Å². The van der Waals surface area contributed by atoms with Crippen LogP contribution in [0.15, 0.2) is 35.1 Å². The van der Waals surface area contributed by atoms with Crippen LogP contribution in [0.3, 0.4) is 0 Å². The zero-order chi connectivity index (χ0) is 14.5. The lowest BCUT2D eigenvalue weighted by Gasteiger charge is -2.08. The predicted octanol–water partition coefficient (Wildman–Crippen LogP) is 3.37. The number of hydrogen-bond donors (Lipinski definition) is 1. The van der Waals surface area contributed by atoms with Gasteiger partial charge in [-0.25, -0.2) is 9.97 Å². The van der Waals surface area contributed by atoms with Crippen LogP contribution in [0.25, 0.3) is 0 Å². The average molecular weight is 339 g/mol. The number of nitrogens with one attached hydrogen (secondary N) is 1. The second-order valence-electron chi connectivity index (χ2n) is 3.72. The fourth-order valence-corrected chi connectivity index (χ4v) is 1.96.